The number of halogens is 1. The second kappa shape index (κ2) is 4.57. The lowest BCUT2D eigenvalue weighted by Crippen LogP contribution is -1.87. The molecule has 0 aliphatic carbocycles. The average Bonchev–Trinajstić information content (AvgIpc) is 1.41. The van der Waals surface area contributed by atoms with Crippen LogP contribution in [-0.2, 0) is 0 Å². The van der Waals surface area contributed by atoms with Gasteiger partial charge in [0.2, 0.25) is 0 Å². The fraction of sp³-hybridized carbons (Fsp3) is 1.00. The van der Waals surface area contributed by atoms with Crippen molar-refractivity contribution >= 4 is 29.1 Å². The van der Waals surface area contributed by atoms with Gasteiger partial charge in [-0.1, -0.05) is 5.94 Å². The Morgan fingerprint density at radius 2 is 2.40 bits per heavy atom. The van der Waals surface area contributed by atoms with Gasteiger partial charge in [0.15, 0.2) is 0 Å². The predicted molar refractivity (Wildman–Crippen MR) is 31.2 cm³/mol. The zero-order valence-electron chi connectivity index (χ0n) is 3.37. The Kier molecular flexibility index (Phi) is 5.09. The van der Waals surface area contributed by atoms with E-state index in [1.807, 2.05) is 0 Å². The molecule has 0 bridgehead atoms. The normalized spacial score (nSPS) is 8.20. The first-order chi connectivity index (χ1) is 2.41. The minimum Gasteiger partial charge on any atom is -0.136 e. The molecular weight excluding hydrogens is 98.4 g/mol. The van der Waals surface area contributed by atoms with Crippen molar-refractivity contribution in [3.8, 4) is 0 Å². The molecule has 1 radical (unpaired) electrons. The predicted octanol–water partition coefficient (Wildman–Crippen LogP) is -0.372. The minimum atomic E-state index is 0.726. The minimum absolute atomic E-state index is 0.726. The van der Waals surface area contributed by atoms with E-state index in [1.54, 1.807) is 0 Å². The molecule has 0 aromatic carbocycles. The van der Waals surface area contributed by atoms with Crippen LogP contribution in [0, 0.1) is 0 Å². The molecule has 0 aliphatic rings. The monoisotopic (exact) mass is 105 g/mol. The van der Waals surface area contributed by atoms with Gasteiger partial charge in [-0.25, -0.2) is 0 Å². The summed E-state index contributed by atoms with van der Waals surface area (Å²) < 4.78 is 0. The van der Waals surface area contributed by atoms with Crippen LogP contribution in [0.1, 0.15) is 0 Å². The van der Waals surface area contributed by atoms with Crippen LogP contribution in [-0.4, -0.2) is 23.3 Å². The van der Waals surface area contributed by atoms with E-state index in [0.29, 0.717) is 0 Å². The van der Waals surface area contributed by atoms with Gasteiger partial charge in [-0.3, -0.25) is 0 Å². The highest BCUT2D eigenvalue weighted by Gasteiger charge is 1.74. The number of hydrogen-bond donors (Lipinski definition) is 0. The molecule has 0 N–H and O–H groups in total. The van der Waals surface area contributed by atoms with Gasteiger partial charge in [-0.2, -0.15) is 0 Å². The summed E-state index contributed by atoms with van der Waals surface area (Å²) in [4.78, 5) is 0. The lowest BCUT2D eigenvalue weighted by Gasteiger charge is -1.73. The molecule has 0 saturated heterocycles. The van der Waals surface area contributed by atoms with Crippen molar-refractivity contribution in [2.75, 3.05) is 5.78 Å². The van der Waals surface area contributed by atoms with Crippen molar-refractivity contribution in [2.45, 2.75) is 5.94 Å². The van der Waals surface area contributed by atoms with Gasteiger partial charge < -0.3 is 0 Å². The fourth-order valence-corrected chi connectivity index (χ4v) is 0.982. The zero-order valence-corrected chi connectivity index (χ0v) is 6.13. The van der Waals surface area contributed by atoms with Crippen LogP contribution in [0.25, 0.3) is 0 Å². The Labute approximate surface area is 41.6 Å². The van der Waals surface area contributed by atoms with Crippen molar-refractivity contribution in [3.63, 3.8) is 0 Å². The molecule has 0 nitrogen and oxygen atoms in total. The third kappa shape index (κ3) is 4.57. The third-order valence-corrected chi connectivity index (χ3v) is 1.19. The smallest absolute Gasteiger partial charge is 0.125 e. The van der Waals surface area contributed by atoms with E-state index < -0.39 is 0 Å². The van der Waals surface area contributed by atoms with E-state index in [2.05, 4.69) is 7.28 Å². The first-order valence-electron chi connectivity index (χ1n) is 1.79. The molecule has 29 valence electrons. The molecule has 0 fully saturated rings. The standard InChI is InChI=1S/C2H7BClSi/c4-1-3-2-5/h1-2H2,5H3. The highest BCUT2D eigenvalue weighted by molar-refractivity contribution is 6.56. The van der Waals surface area contributed by atoms with Crippen LogP contribution in [0.4, 0.5) is 0 Å². The van der Waals surface area contributed by atoms with Gasteiger partial charge in [0, 0.05) is 0 Å². The van der Waals surface area contributed by atoms with E-state index in [9.17, 15) is 0 Å². The molecule has 0 amide bonds. The van der Waals surface area contributed by atoms with E-state index >= 15 is 0 Å². The molecule has 5 heavy (non-hydrogen) atoms. The topological polar surface area (TPSA) is 0 Å². The maximum absolute atomic E-state index is 5.27. The van der Waals surface area contributed by atoms with Crippen LogP contribution < -0.4 is 0 Å². The van der Waals surface area contributed by atoms with Crippen LogP contribution >= 0.6 is 11.6 Å². The van der Waals surface area contributed by atoms with Crippen LogP contribution in [0.2, 0.25) is 5.94 Å². The van der Waals surface area contributed by atoms with Crippen molar-refractivity contribution in [1.82, 2.24) is 0 Å². The van der Waals surface area contributed by atoms with Gasteiger partial charge in [-0.15, -0.1) is 11.6 Å². The zero-order chi connectivity index (χ0) is 4.12. The lowest BCUT2D eigenvalue weighted by atomic mass is 9.86. The van der Waals surface area contributed by atoms with Crippen molar-refractivity contribution in [1.29, 1.82) is 0 Å². The quantitative estimate of drug-likeness (QED) is 0.332. The second-order valence-electron chi connectivity index (χ2n) is 0.851. The van der Waals surface area contributed by atoms with E-state index in [-0.39, 0.29) is 0 Å². The first-order valence-corrected chi connectivity index (χ1v) is 3.74. The summed E-state index contributed by atoms with van der Waals surface area (Å²) in [5, 5.41) is 0. The Morgan fingerprint density at radius 3 is 2.40 bits per heavy atom. The molecule has 0 atom stereocenters. The molecule has 0 aromatic heterocycles. The van der Waals surface area contributed by atoms with Gasteiger partial charge in [0.05, 0.1) is 0 Å². The van der Waals surface area contributed by atoms with E-state index in [0.717, 1.165) is 5.78 Å². The summed E-state index contributed by atoms with van der Waals surface area (Å²) in [5.41, 5.74) is 0. The largest absolute Gasteiger partial charge is 0.136 e. The van der Waals surface area contributed by atoms with Crippen LogP contribution in [0.15, 0.2) is 0 Å². The molecule has 0 unspecified atom stereocenters. The van der Waals surface area contributed by atoms with Gasteiger partial charge in [0.1, 0.15) is 7.28 Å². The number of alkyl halides is 1. The molecule has 0 aromatic rings. The summed E-state index contributed by atoms with van der Waals surface area (Å²) >= 11 is 5.27. The van der Waals surface area contributed by atoms with Crippen molar-refractivity contribution in [2.24, 2.45) is 0 Å². The Hall–Kier alpha value is 0.572. The van der Waals surface area contributed by atoms with Gasteiger partial charge in [0.25, 0.3) is 0 Å². The third-order valence-electron chi connectivity index (χ3n) is 0.398. The Morgan fingerprint density at radius 1 is 1.80 bits per heavy atom. The van der Waals surface area contributed by atoms with E-state index in [4.69, 9.17) is 11.6 Å². The molecule has 3 heteroatoms. The maximum atomic E-state index is 5.27. The maximum Gasteiger partial charge on any atom is 0.125 e. The summed E-state index contributed by atoms with van der Waals surface area (Å²) in [7, 11) is 3.34. The Balaban J connectivity index is 2.19. The molecule has 0 heterocycles. The van der Waals surface area contributed by atoms with Crippen LogP contribution in [0.3, 0.4) is 0 Å². The number of rotatable bonds is 2. The van der Waals surface area contributed by atoms with Gasteiger partial charge >= 0.3 is 0 Å². The molecule has 0 aliphatic heterocycles. The Bertz CT molecular complexity index is 17.1. The lowest BCUT2D eigenvalue weighted by molar-refractivity contribution is 1.94. The summed E-state index contributed by atoms with van der Waals surface area (Å²) in [6.45, 7) is 0. The molecule has 0 spiro atoms. The number of hydrogen-bond acceptors (Lipinski definition) is 0. The fourth-order valence-electron chi connectivity index (χ4n) is 0.109. The van der Waals surface area contributed by atoms with Crippen molar-refractivity contribution in [3.05, 3.63) is 0 Å². The SMILES string of the molecule is [SiH3]C[B]CCl. The average molecular weight is 105 g/mol. The molecule has 0 saturated carbocycles. The first kappa shape index (κ1) is 5.57. The highest BCUT2D eigenvalue weighted by Crippen LogP contribution is 1.70. The van der Waals surface area contributed by atoms with Gasteiger partial charge in [-0.05, 0) is 16.0 Å². The highest BCUT2D eigenvalue weighted by atomic mass is 35.5. The summed E-state index contributed by atoms with van der Waals surface area (Å²) in [6.07, 6.45) is 0. The molecular formula is C2H7BClSi. The van der Waals surface area contributed by atoms with Crippen LogP contribution in [0.5, 0.6) is 0 Å². The van der Waals surface area contributed by atoms with E-state index in [1.165, 1.54) is 16.2 Å². The second-order valence-corrected chi connectivity index (χ2v) is 1.98. The molecule has 0 rings (SSSR count). The summed E-state index contributed by atoms with van der Waals surface area (Å²) in [5.74, 6) is 1.95. The van der Waals surface area contributed by atoms with Crippen molar-refractivity contribution < 1.29 is 0 Å². The summed E-state index contributed by atoms with van der Waals surface area (Å²) in [6, 6.07) is 0.